The number of hydrogen-bond donors (Lipinski definition) is 1. The van der Waals surface area contributed by atoms with Crippen LogP contribution in [0, 0.1) is 0 Å². The summed E-state index contributed by atoms with van der Waals surface area (Å²) < 4.78 is 0. The van der Waals surface area contributed by atoms with Crippen LogP contribution in [0.1, 0.15) is 18.9 Å². The van der Waals surface area contributed by atoms with Crippen molar-refractivity contribution in [2.75, 3.05) is 11.5 Å². The lowest BCUT2D eigenvalue weighted by molar-refractivity contribution is 0.652. The quantitative estimate of drug-likeness (QED) is 0.776. The van der Waals surface area contributed by atoms with Gasteiger partial charge in [0.1, 0.15) is 0 Å². The highest BCUT2D eigenvalue weighted by molar-refractivity contribution is 7.99. The van der Waals surface area contributed by atoms with E-state index in [-0.39, 0.29) is 6.04 Å². The van der Waals surface area contributed by atoms with Crippen LogP contribution < -0.4 is 5.73 Å². The van der Waals surface area contributed by atoms with Gasteiger partial charge in [-0.2, -0.15) is 11.8 Å². The van der Waals surface area contributed by atoms with Crippen LogP contribution in [0.5, 0.6) is 0 Å². The third-order valence-electron chi connectivity index (χ3n) is 2.28. The van der Waals surface area contributed by atoms with Crippen LogP contribution in [0.15, 0.2) is 24.3 Å². The smallest absolute Gasteiger partial charge is 0.0438 e. The van der Waals surface area contributed by atoms with Gasteiger partial charge in [0.25, 0.3) is 0 Å². The lowest BCUT2D eigenvalue weighted by Crippen LogP contribution is -2.23. The van der Waals surface area contributed by atoms with Crippen LogP contribution in [-0.4, -0.2) is 17.5 Å². The van der Waals surface area contributed by atoms with Gasteiger partial charge in [-0.1, -0.05) is 36.7 Å². The molecule has 0 fully saturated rings. The summed E-state index contributed by atoms with van der Waals surface area (Å²) in [6.07, 6.45) is 1.94. The summed E-state index contributed by atoms with van der Waals surface area (Å²) in [6.45, 7) is 2.17. The summed E-state index contributed by atoms with van der Waals surface area (Å²) in [7, 11) is 0. The van der Waals surface area contributed by atoms with Gasteiger partial charge in [0.15, 0.2) is 0 Å². The van der Waals surface area contributed by atoms with Crippen LogP contribution in [0.3, 0.4) is 0 Å². The summed E-state index contributed by atoms with van der Waals surface area (Å²) >= 11 is 8.01. The van der Waals surface area contributed by atoms with E-state index in [1.807, 2.05) is 30.0 Å². The maximum Gasteiger partial charge on any atom is 0.0438 e. The molecule has 1 nitrogen and oxygen atoms in total. The van der Waals surface area contributed by atoms with E-state index in [9.17, 15) is 0 Å². The third-order valence-corrected chi connectivity index (χ3v) is 3.58. The minimum Gasteiger partial charge on any atom is -0.327 e. The van der Waals surface area contributed by atoms with Gasteiger partial charge in [-0.15, -0.1) is 0 Å². The first-order chi connectivity index (χ1) is 7.24. The van der Waals surface area contributed by atoms with Gasteiger partial charge in [-0.25, -0.2) is 0 Å². The minimum atomic E-state index is 0.226. The topological polar surface area (TPSA) is 26.0 Å². The highest BCUT2D eigenvalue weighted by Crippen LogP contribution is 2.17. The molecule has 0 spiro atoms. The summed E-state index contributed by atoms with van der Waals surface area (Å²) in [5.74, 6) is 2.31. The van der Waals surface area contributed by atoms with Gasteiger partial charge in [0.2, 0.25) is 0 Å². The molecule has 1 unspecified atom stereocenters. The molecule has 1 aromatic carbocycles. The second-order valence-corrected chi connectivity index (χ2v) is 5.34. The molecule has 84 valence electrons. The van der Waals surface area contributed by atoms with Crippen molar-refractivity contribution < 1.29 is 0 Å². The van der Waals surface area contributed by atoms with E-state index in [0.717, 1.165) is 29.2 Å². The number of rotatable bonds is 6. The zero-order chi connectivity index (χ0) is 11.1. The van der Waals surface area contributed by atoms with Crippen molar-refractivity contribution in [1.82, 2.24) is 0 Å². The van der Waals surface area contributed by atoms with Crippen LogP contribution >= 0.6 is 23.4 Å². The fourth-order valence-electron chi connectivity index (χ4n) is 1.43. The molecular formula is C12H18ClNS. The predicted molar refractivity (Wildman–Crippen MR) is 70.7 cm³/mol. The van der Waals surface area contributed by atoms with E-state index in [1.54, 1.807) is 0 Å². The van der Waals surface area contributed by atoms with Crippen molar-refractivity contribution in [3.05, 3.63) is 34.9 Å². The maximum atomic E-state index is 6.07. The molecule has 0 saturated carbocycles. The van der Waals surface area contributed by atoms with Gasteiger partial charge in [-0.3, -0.25) is 0 Å². The molecule has 1 rings (SSSR count). The summed E-state index contributed by atoms with van der Waals surface area (Å²) in [5, 5.41) is 0.830. The minimum absolute atomic E-state index is 0.226. The predicted octanol–water partition coefficient (Wildman–Crippen LogP) is 3.35. The third kappa shape index (κ3) is 4.92. The summed E-state index contributed by atoms with van der Waals surface area (Å²) in [6, 6.07) is 8.16. The lowest BCUT2D eigenvalue weighted by Gasteiger charge is -2.12. The molecule has 0 bridgehead atoms. The Balaban J connectivity index is 2.37. The van der Waals surface area contributed by atoms with Crippen molar-refractivity contribution in [2.24, 2.45) is 5.73 Å². The standard InChI is InChI=1S/C12H18ClNS/c1-2-15-8-7-11(14)9-10-5-3-4-6-12(10)13/h3-6,11H,2,7-9,14H2,1H3. The number of nitrogens with two attached hydrogens (primary N) is 1. The first-order valence-electron chi connectivity index (χ1n) is 5.30. The monoisotopic (exact) mass is 243 g/mol. The molecule has 0 aliphatic carbocycles. The van der Waals surface area contributed by atoms with E-state index in [2.05, 4.69) is 13.0 Å². The van der Waals surface area contributed by atoms with Crippen LogP contribution in [0.4, 0.5) is 0 Å². The van der Waals surface area contributed by atoms with E-state index < -0.39 is 0 Å². The van der Waals surface area contributed by atoms with E-state index in [0.29, 0.717) is 0 Å². The zero-order valence-corrected chi connectivity index (χ0v) is 10.7. The Hall–Kier alpha value is -0.180. The van der Waals surface area contributed by atoms with Crippen LogP contribution in [-0.2, 0) is 6.42 Å². The molecule has 2 N–H and O–H groups in total. The molecule has 0 aromatic heterocycles. The van der Waals surface area contributed by atoms with Gasteiger partial charge in [0, 0.05) is 11.1 Å². The molecule has 0 heterocycles. The average Bonchev–Trinajstić information content (AvgIpc) is 2.22. The van der Waals surface area contributed by atoms with Gasteiger partial charge in [-0.05, 0) is 36.0 Å². The van der Waals surface area contributed by atoms with Gasteiger partial charge in [0.05, 0.1) is 0 Å². The Bertz CT molecular complexity index is 291. The lowest BCUT2D eigenvalue weighted by atomic mass is 10.1. The first kappa shape index (κ1) is 12.9. The Morgan fingerprint density at radius 3 is 2.80 bits per heavy atom. The van der Waals surface area contributed by atoms with E-state index >= 15 is 0 Å². The molecule has 0 radical (unpaired) electrons. The van der Waals surface area contributed by atoms with Crippen molar-refractivity contribution in [3.8, 4) is 0 Å². The number of hydrogen-bond acceptors (Lipinski definition) is 2. The Morgan fingerprint density at radius 1 is 1.40 bits per heavy atom. The molecular weight excluding hydrogens is 226 g/mol. The summed E-state index contributed by atoms with van der Waals surface area (Å²) in [4.78, 5) is 0. The second kappa shape index (κ2) is 7.15. The molecule has 3 heteroatoms. The highest BCUT2D eigenvalue weighted by Gasteiger charge is 2.06. The van der Waals surface area contributed by atoms with Crippen molar-refractivity contribution >= 4 is 23.4 Å². The molecule has 1 aromatic rings. The van der Waals surface area contributed by atoms with Crippen LogP contribution in [0.25, 0.3) is 0 Å². The number of halogens is 1. The molecule has 0 aliphatic heterocycles. The van der Waals surface area contributed by atoms with Crippen molar-refractivity contribution in [2.45, 2.75) is 25.8 Å². The molecule has 0 aliphatic rings. The summed E-state index contributed by atoms with van der Waals surface area (Å²) in [5.41, 5.74) is 7.20. The SMILES string of the molecule is CCSCCC(N)Cc1ccccc1Cl. The molecule has 15 heavy (non-hydrogen) atoms. The zero-order valence-electron chi connectivity index (χ0n) is 9.08. The van der Waals surface area contributed by atoms with Gasteiger partial charge >= 0.3 is 0 Å². The van der Waals surface area contributed by atoms with Gasteiger partial charge < -0.3 is 5.73 Å². The van der Waals surface area contributed by atoms with E-state index in [1.165, 1.54) is 5.75 Å². The Labute approximate surface area is 101 Å². The fraction of sp³-hybridized carbons (Fsp3) is 0.500. The average molecular weight is 244 g/mol. The van der Waals surface area contributed by atoms with Crippen molar-refractivity contribution in [1.29, 1.82) is 0 Å². The highest BCUT2D eigenvalue weighted by atomic mass is 35.5. The number of thioether (sulfide) groups is 1. The largest absolute Gasteiger partial charge is 0.327 e. The molecule has 1 atom stereocenters. The normalized spacial score (nSPS) is 12.7. The fourth-order valence-corrected chi connectivity index (χ4v) is 2.40. The molecule has 0 amide bonds. The van der Waals surface area contributed by atoms with E-state index in [4.69, 9.17) is 17.3 Å². The Kier molecular flexibility index (Phi) is 6.15. The van der Waals surface area contributed by atoms with Crippen molar-refractivity contribution in [3.63, 3.8) is 0 Å². The van der Waals surface area contributed by atoms with Crippen LogP contribution in [0.2, 0.25) is 5.02 Å². The maximum absolute atomic E-state index is 6.07. The Morgan fingerprint density at radius 2 is 2.13 bits per heavy atom. The second-order valence-electron chi connectivity index (χ2n) is 3.54. The number of benzene rings is 1. The first-order valence-corrected chi connectivity index (χ1v) is 6.84. The molecule has 0 saturated heterocycles.